The highest BCUT2D eigenvalue weighted by Crippen LogP contribution is 2.38. The molecule has 0 N–H and O–H groups in total. The van der Waals surface area contributed by atoms with Crippen molar-refractivity contribution in [1.29, 1.82) is 0 Å². The number of hydrogen-bond acceptors (Lipinski definition) is 4. The standard InChI is InChI=1S/C21H20ClN3OS/c1-5-10-25-20(26)19(15(4)16-7-6-13(2)14(3)11-16)27-21(25)24-18-8-9-23-12-17(18)22/h5-9,11-12H,1,10H2,2-4H3/b19-15-,24-21?. The molecule has 1 fully saturated rings. The zero-order valence-electron chi connectivity index (χ0n) is 15.5. The molecular formula is C21H20ClN3OS. The van der Waals surface area contributed by atoms with E-state index in [0.29, 0.717) is 27.3 Å². The first-order valence-corrected chi connectivity index (χ1v) is 9.69. The zero-order valence-corrected chi connectivity index (χ0v) is 17.1. The maximum absolute atomic E-state index is 13.0. The van der Waals surface area contributed by atoms with Crippen molar-refractivity contribution in [3.05, 3.63) is 75.9 Å². The Morgan fingerprint density at radius 1 is 1.33 bits per heavy atom. The molecule has 0 spiro atoms. The van der Waals surface area contributed by atoms with Gasteiger partial charge in [-0.05, 0) is 60.9 Å². The summed E-state index contributed by atoms with van der Waals surface area (Å²) in [5.74, 6) is -0.0699. The Hall–Kier alpha value is -2.37. The number of aryl methyl sites for hydroxylation is 2. The van der Waals surface area contributed by atoms with Crippen LogP contribution in [0, 0.1) is 13.8 Å². The molecule has 1 aliphatic heterocycles. The molecule has 0 saturated carbocycles. The number of amidine groups is 1. The van der Waals surface area contributed by atoms with Gasteiger partial charge in [0, 0.05) is 18.9 Å². The number of carbonyl (C=O) groups excluding carboxylic acids is 1. The van der Waals surface area contributed by atoms with E-state index >= 15 is 0 Å². The minimum atomic E-state index is -0.0699. The highest BCUT2D eigenvalue weighted by molar-refractivity contribution is 8.18. The molecule has 0 bridgehead atoms. The lowest BCUT2D eigenvalue weighted by Crippen LogP contribution is -2.29. The fourth-order valence-corrected chi connectivity index (χ4v) is 3.90. The number of thioether (sulfide) groups is 1. The number of hydrogen-bond donors (Lipinski definition) is 0. The minimum absolute atomic E-state index is 0.0699. The Labute approximate surface area is 168 Å². The van der Waals surface area contributed by atoms with E-state index in [-0.39, 0.29) is 5.91 Å². The molecule has 27 heavy (non-hydrogen) atoms. The van der Waals surface area contributed by atoms with Crippen LogP contribution in [-0.4, -0.2) is 27.5 Å². The van der Waals surface area contributed by atoms with Crippen LogP contribution in [0.2, 0.25) is 5.02 Å². The van der Waals surface area contributed by atoms with Crippen LogP contribution in [0.4, 0.5) is 5.69 Å². The molecule has 1 aliphatic rings. The second-order valence-electron chi connectivity index (χ2n) is 6.28. The number of nitrogens with zero attached hydrogens (tertiary/aromatic N) is 3. The van der Waals surface area contributed by atoms with Crippen molar-refractivity contribution in [1.82, 2.24) is 9.88 Å². The van der Waals surface area contributed by atoms with Crippen LogP contribution in [0.3, 0.4) is 0 Å². The summed E-state index contributed by atoms with van der Waals surface area (Å²) in [6.07, 6.45) is 4.86. The molecular weight excluding hydrogens is 378 g/mol. The van der Waals surface area contributed by atoms with Crippen LogP contribution in [0.15, 0.2) is 59.2 Å². The van der Waals surface area contributed by atoms with E-state index in [0.717, 1.165) is 11.1 Å². The van der Waals surface area contributed by atoms with Crippen LogP contribution in [0.25, 0.3) is 5.57 Å². The van der Waals surface area contributed by atoms with Gasteiger partial charge in [-0.1, -0.05) is 35.9 Å². The Balaban J connectivity index is 2.05. The van der Waals surface area contributed by atoms with Crippen LogP contribution in [-0.2, 0) is 4.79 Å². The van der Waals surface area contributed by atoms with Gasteiger partial charge in [-0.25, -0.2) is 4.99 Å². The average molecular weight is 398 g/mol. The zero-order chi connectivity index (χ0) is 19.6. The van der Waals surface area contributed by atoms with E-state index < -0.39 is 0 Å². The fraction of sp³-hybridized carbons (Fsp3) is 0.190. The van der Waals surface area contributed by atoms with Crippen LogP contribution < -0.4 is 0 Å². The molecule has 1 amide bonds. The number of carbonyl (C=O) groups is 1. The molecule has 2 heterocycles. The molecule has 1 saturated heterocycles. The highest BCUT2D eigenvalue weighted by Gasteiger charge is 2.34. The summed E-state index contributed by atoms with van der Waals surface area (Å²) >= 11 is 7.54. The molecule has 1 aromatic heterocycles. The maximum atomic E-state index is 13.0. The minimum Gasteiger partial charge on any atom is -0.283 e. The summed E-state index contributed by atoms with van der Waals surface area (Å²) in [4.78, 5) is 23.9. The van der Waals surface area contributed by atoms with Crippen molar-refractivity contribution in [2.75, 3.05) is 6.54 Å². The van der Waals surface area contributed by atoms with E-state index in [9.17, 15) is 4.79 Å². The lowest BCUT2D eigenvalue weighted by Gasteiger charge is -2.13. The first-order valence-electron chi connectivity index (χ1n) is 8.49. The third kappa shape index (κ3) is 3.99. The average Bonchev–Trinajstić information content (AvgIpc) is 2.95. The molecule has 2 aromatic rings. The van der Waals surface area contributed by atoms with E-state index in [1.165, 1.54) is 29.1 Å². The molecule has 4 nitrogen and oxygen atoms in total. The van der Waals surface area contributed by atoms with Crippen molar-refractivity contribution in [3.8, 4) is 0 Å². The predicted octanol–water partition coefficient (Wildman–Crippen LogP) is 5.53. The second-order valence-corrected chi connectivity index (χ2v) is 7.67. The summed E-state index contributed by atoms with van der Waals surface area (Å²) in [5, 5.41) is 1.03. The van der Waals surface area contributed by atoms with E-state index in [1.807, 2.05) is 13.0 Å². The lowest BCUT2D eigenvalue weighted by atomic mass is 10.0. The summed E-state index contributed by atoms with van der Waals surface area (Å²) < 4.78 is 0. The third-order valence-corrected chi connectivity index (χ3v) is 5.89. The van der Waals surface area contributed by atoms with Gasteiger partial charge >= 0.3 is 0 Å². The number of benzene rings is 1. The van der Waals surface area contributed by atoms with Crippen LogP contribution in [0.5, 0.6) is 0 Å². The third-order valence-electron chi connectivity index (χ3n) is 4.42. The fourth-order valence-electron chi connectivity index (χ4n) is 2.68. The largest absolute Gasteiger partial charge is 0.283 e. The number of aromatic nitrogens is 1. The monoisotopic (exact) mass is 397 g/mol. The van der Waals surface area contributed by atoms with Crippen molar-refractivity contribution in [2.24, 2.45) is 4.99 Å². The van der Waals surface area contributed by atoms with Gasteiger partial charge in [0.2, 0.25) is 0 Å². The normalized spacial score (nSPS) is 17.6. The Morgan fingerprint density at radius 2 is 2.11 bits per heavy atom. The van der Waals surface area contributed by atoms with Gasteiger partial charge in [0.1, 0.15) is 0 Å². The second kappa shape index (κ2) is 8.11. The predicted molar refractivity (Wildman–Crippen MR) is 114 cm³/mol. The van der Waals surface area contributed by atoms with Crippen LogP contribution in [0.1, 0.15) is 23.6 Å². The SMILES string of the molecule is C=CCN1C(=O)/C(=C(\C)c2ccc(C)c(C)c2)SC1=Nc1ccncc1Cl. The molecule has 0 aliphatic carbocycles. The van der Waals surface area contributed by atoms with Gasteiger partial charge < -0.3 is 0 Å². The quantitative estimate of drug-likeness (QED) is 0.503. The number of amides is 1. The van der Waals surface area contributed by atoms with Crippen molar-refractivity contribution in [3.63, 3.8) is 0 Å². The summed E-state index contributed by atoms with van der Waals surface area (Å²) in [6, 6.07) is 7.96. The van der Waals surface area contributed by atoms with Gasteiger partial charge in [0.05, 0.1) is 15.6 Å². The van der Waals surface area contributed by atoms with Crippen molar-refractivity contribution < 1.29 is 4.79 Å². The molecule has 0 unspecified atom stereocenters. The number of allylic oxidation sites excluding steroid dienone is 1. The topological polar surface area (TPSA) is 45.6 Å². The van der Waals surface area contributed by atoms with E-state index in [2.05, 4.69) is 42.5 Å². The molecule has 6 heteroatoms. The Bertz CT molecular complexity index is 981. The van der Waals surface area contributed by atoms with E-state index in [4.69, 9.17) is 11.6 Å². The highest BCUT2D eigenvalue weighted by atomic mass is 35.5. The van der Waals surface area contributed by atoms with Gasteiger partial charge in [-0.2, -0.15) is 0 Å². The number of halogens is 1. The molecule has 0 radical (unpaired) electrons. The van der Waals surface area contributed by atoms with Gasteiger partial charge in [-0.15, -0.1) is 6.58 Å². The maximum Gasteiger partial charge on any atom is 0.267 e. The molecule has 3 rings (SSSR count). The lowest BCUT2D eigenvalue weighted by molar-refractivity contribution is -0.121. The molecule has 138 valence electrons. The number of pyridine rings is 1. The molecule has 0 atom stereocenters. The number of aliphatic imine (C=N–C) groups is 1. The van der Waals surface area contributed by atoms with Gasteiger partial charge in [0.25, 0.3) is 5.91 Å². The molecule has 1 aromatic carbocycles. The Kier molecular flexibility index (Phi) is 5.82. The number of rotatable bonds is 4. The van der Waals surface area contributed by atoms with Gasteiger partial charge in [-0.3, -0.25) is 14.7 Å². The van der Waals surface area contributed by atoms with E-state index in [1.54, 1.807) is 23.2 Å². The van der Waals surface area contributed by atoms with Gasteiger partial charge in [0.15, 0.2) is 5.17 Å². The van der Waals surface area contributed by atoms with Crippen molar-refractivity contribution >= 4 is 45.7 Å². The first-order chi connectivity index (χ1) is 12.9. The Morgan fingerprint density at radius 3 is 2.78 bits per heavy atom. The first kappa shape index (κ1) is 19.4. The summed E-state index contributed by atoms with van der Waals surface area (Å²) in [6.45, 7) is 10.3. The smallest absolute Gasteiger partial charge is 0.267 e. The van der Waals surface area contributed by atoms with Crippen LogP contribution >= 0.6 is 23.4 Å². The summed E-state index contributed by atoms with van der Waals surface area (Å²) in [7, 11) is 0. The summed E-state index contributed by atoms with van der Waals surface area (Å²) in [5.41, 5.74) is 4.98. The van der Waals surface area contributed by atoms with Crippen molar-refractivity contribution in [2.45, 2.75) is 20.8 Å².